The Labute approximate surface area is 153 Å². The van der Waals surface area contributed by atoms with Crippen LogP contribution in [-0.4, -0.2) is 65.4 Å². The zero-order valence-corrected chi connectivity index (χ0v) is 14.6. The Hall–Kier alpha value is -2.62. The van der Waals surface area contributed by atoms with Crippen LogP contribution in [0.3, 0.4) is 0 Å². The quantitative estimate of drug-likeness (QED) is 0.741. The van der Waals surface area contributed by atoms with Crippen molar-refractivity contribution in [1.29, 1.82) is 0 Å². The van der Waals surface area contributed by atoms with E-state index < -0.39 is 29.7 Å². The van der Waals surface area contributed by atoms with Crippen molar-refractivity contribution in [3.8, 4) is 0 Å². The van der Waals surface area contributed by atoms with Gasteiger partial charge in [0.05, 0.1) is 11.7 Å². The second kappa shape index (κ2) is 8.38. The molecule has 7 nitrogen and oxygen atoms in total. The summed E-state index contributed by atoms with van der Waals surface area (Å²) in [5, 5.41) is 12.3. The fourth-order valence-corrected chi connectivity index (χ4v) is 2.65. The number of hydrogen-bond acceptors (Lipinski definition) is 4. The summed E-state index contributed by atoms with van der Waals surface area (Å²) in [5.74, 6) is -1.80. The van der Waals surface area contributed by atoms with E-state index in [2.05, 4.69) is 5.32 Å². The summed E-state index contributed by atoms with van der Waals surface area (Å²) in [7, 11) is 0. The highest BCUT2D eigenvalue weighted by molar-refractivity contribution is 6.35. The summed E-state index contributed by atoms with van der Waals surface area (Å²) in [6.07, 6.45) is -5.73. The lowest BCUT2D eigenvalue weighted by Gasteiger charge is -2.33. The van der Waals surface area contributed by atoms with E-state index in [-0.39, 0.29) is 31.1 Å². The topological polar surface area (TPSA) is 90.0 Å². The standard InChI is InChI=1S/C17H20F3N3O4/c1-11(24)22-6-8-23(9-7-22)16(27)15(26)21-10-14(25)12-2-4-13(5-3-12)17(18,19)20/h2-5,14,25H,6-10H2,1H3,(H,21,26). The van der Waals surface area contributed by atoms with Crippen molar-refractivity contribution in [2.24, 2.45) is 0 Å². The van der Waals surface area contributed by atoms with Gasteiger partial charge in [-0.2, -0.15) is 13.2 Å². The number of nitrogens with zero attached hydrogens (tertiary/aromatic N) is 2. The van der Waals surface area contributed by atoms with Gasteiger partial charge in [-0.3, -0.25) is 14.4 Å². The first kappa shape index (κ1) is 20.7. The number of benzene rings is 1. The van der Waals surface area contributed by atoms with E-state index in [0.717, 1.165) is 24.3 Å². The van der Waals surface area contributed by atoms with Gasteiger partial charge in [-0.15, -0.1) is 0 Å². The van der Waals surface area contributed by atoms with Crippen molar-refractivity contribution >= 4 is 17.7 Å². The van der Waals surface area contributed by atoms with E-state index in [1.807, 2.05) is 0 Å². The van der Waals surface area contributed by atoms with Crippen LogP contribution in [-0.2, 0) is 20.6 Å². The molecule has 2 N–H and O–H groups in total. The van der Waals surface area contributed by atoms with Crippen LogP contribution in [0.4, 0.5) is 13.2 Å². The molecule has 3 amide bonds. The molecule has 1 atom stereocenters. The highest BCUT2D eigenvalue weighted by atomic mass is 19.4. The van der Waals surface area contributed by atoms with Crippen molar-refractivity contribution in [3.05, 3.63) is 35.4 Å². The molecule has 1 aliphatic rings. The van der Waals surface area contributed by atoms with Crippen molar-refractivity contribution in [3.63, 3.8) is 0 Å². The molecule has 0 saturated carbocycles. The third-order valence-electron chi connectivity index (χ3n) is 4.29. The molecule has 1 aliphatic heterocycles. The molecule has 27 heavy (non-hydrogen) atoms. The van der Waals surface area contributed by atoms with E-state index >= 15 is 0 Å². The first-order valence-corrected chi connectivity index (χ1v) is 8.27. The number of rotatable bonds is 3. The van der Waals surface area contributed by atoms with Gasteiger partial charge in [0, 0.05) is 39.6 Å². The molecule has 0 aliphatic carbocycles. The third kappa shape index (κ3) is 5.43. The van der Waals surface area contributed by atoms with Crippen LogP contribution in [0, 0.1) is 0 Å². The zero-order valence-electron chi connectivity index (χ0n) is 14.6. The molecule has 0 spiro atoms. The maximum atomic E-state index is 12.5. The van der Waals surface area contributed by atoms with E-state index in [1.54, 1.807) is 4.90 Å². The van der Waals surface area contributed by atoms with Crippen LogP contribution < -0.4 is 5.32 Å². The Kier molecular flexibility index (Phi) is 6.42. The molecule has 148 valence electrons. The monoisotopic (exact) mass is 387 g/mol. The van der Waals surface area contributed by atoms with Gasteiger partial charge < -0.3 is 20.2 Å². The first-order chi connectivity index (χ1) is 12.6. The lowest BCUT2D eigenvalue weighted by Crippen LogP contribution is -2.53. The minimum absolute atomic E-state index is 0.105. The van der Waals surface area contributed by atoms with Crippen LogP contribution >= 0.6 is 0 Å². The van der Waals surface area contributed by atoms with Gasteiger partial charge in [-0.05, 0) is 17.7 Å². The van der Waals surface area contributed by atoms with Crippen molar-refractivity contribution < 1.29 is 32.7 Å². The van der Waals surface area contributed by atoms with Crippen LogP contribution in [0.1, 0.15) is 24.2 Å². The number of halogens is 3. The molecule has 1 aromatic carbocycles. The first-order valence-electron chi connectivity index (χ1n) is 8.27. The van der Waals surface area contributed by atoms with Gasteiger partial charge in [0.15, 0.2) is 0 Å². The Morgan fingerprint density at radius 3 is 2.07 bits per heavy atom. The minimum Gasteiger partial charge on any atom is -0.387 e. The Morgan fingerprint density at radius 2 is 1.59 bits per heavy atom. The largest absolute Gasteiger partial charge is 0.416 e. The SMILES string of the molecule is CC(=O)N1CCN(C(=O)C(=O)NCC(O)c2ccc(C(F)(F)F)cc2)CC1. The molecule has 1 saturated heterocycles. The molecular formula is C17H20F3N3O4. The summed E-state index contributed by atoms with van der Waals surface area (Å²) in [5.41, 5.74) is -0.659. The second-order valence-electron chi connectivity index (χ2n) is 6.14. The van der Waals surface area contributed by atoms with Crippen molar-refractivity contribution in [1.82, 2.24) is 15.1 Å². The summed E-state index contributed by atoms with van der Waals surface area (Å²) in [6.45, 7) is 2.24. The van der Waals surface area contributed by atoms with Crippen LogP contribution in [0.2, 0.25) is 0 Å². The predicted octanol–water partition coefficient (Wildman–Crippen LogP) is 0.546. The van der Waals surface area contributed by atoms with E-state index in [1.165, 1.54) is 11.8 Å². The average molecular weight is 387 g/mol. The van der Waals surface area contributed by atoms with Gasteiger partial charge in [-0.1, -0.05) is 12.1 Å². The normalized spacial score (nSPS) is 16.0. The Morgan fingerprint density at radius 1 is 1.07 bits per heavy atom. The number of amides is 3. The molecule has 0 radical (unpaired) electrons. The molecule has 0 aromatic heterocycles. The lowest BCUT2D eigenvalue weighted by atomic mass is 10.1. The maximum absolute atomic E-state index is 12.5. The number of carbonyl (C=O) groups excluding carboxylic acids is 3. The summed E-state index contributed by atoms with van der Waals surface area (Å²) in [6, 6.07) is 3.89. The molecule has 1 fully saturated rings. The zero-order chi connectivity index (χ0) is 20.2. The highest BCUT2D eigenvalue weighted by Gasteiger charge is 2.30. The second-order valence-corrected chi connectivity index (χ2v) is 6.14. The Balaban J connectivity index is 1.84. The molecule has 0 bridgehead atoms. The summed E-state index contributed by atoms with van der Waals surface area (Å²) >= 11 is 0. The highest BCUT2D eigenvalue weighted by Crippen LogP contribution is 2.29. The molecule has 1 unspecified atom stereocenters. The molecule has 1 aromatic rings. The summed E-state index contributed by atoms with van der Waals surface area (Å²) < 4.78 is 37.6. The number of hydrogen-bond donors (Lipinski definition) is 2. The number of piperazine rings is 1. The third-order valence-corrected chi connectivity index (χ3v) is 4.29. The Bertz CT molecular complexity index is 698. The fourth-order valence-electron chi connectivity index (χ4n) is 2.65. The van der Waals surface area contributed by atoms with E-state index in [9.17, 15) is 32.7 Å². The molecule has 10 heteroatoms. The number of aliphatic hydroxyl groups is 1. The van der Waals surface area contributed by atoms with Gasteiger partial charge in [-0.25, -0.2) is 0 Å². The van der Waals surface area contributed by atoms with Crippen molar-refractivity contribution in [2.45, 2.75) is 19.2 Å². The van der Waals surface area contributed by atoms with Gasteiger partial charge in [0.1, 0.15) is 0 Å². The molecular weight excluding hydrogens is 367 g/mol. The molecule has 2 rings (SSSR count). The predicted molar refractivity (Wildman–Crippen MR) is 88.2 cm³/mol. The van der Waals surface area contributed by atoms with Gasteiger partial charge in [0.25, 0.3) is 0 Å². The number of aliphatic hydroxyl groups excluding tert-OH is 1. The number of nitrogens with one attached hydrogen (secondary N) is 1. The van der Waals surface area contributed by atoms with Crippen LogP contribution in [0.25, 0.3) is 0 Å². The van der Waals surface area contributed by atoms with E-state index in [4.69, 9.17) is 0 Å². The van der Waals surface area contributed by atoms with Crippen LogP contribution in [0.5, 0.6) is 0 Å². The fraction of sp³-hybridized carbons (Fsp3) is 0.471. The maximum Gasteiger partial charge on any atom is 0.416 e. The average Bonchev–Trinajstić information content (AvgIpc) is 2.64. The minimum atomic E-state index is -4.48. The molecule has 1 heterocycles. The van der Waals surface area contributed by atoms with Gasteiger partial charge >= 0.3 is 18.0 Å². The number of carbonyl (C=O) groups is 3. The van der Waals surface area contributed by atoms with Crippen LogP contribution in [0.15, 0.2) is 24.3 Å². The lowest BCUT2D eigenvalue weighted by molar-refractivity contribution is -0.148. The van der Waals surface area contributed by atoms with E-state index in [0.29, 0.717) is 13.1 Å². The van der Waals surface area contributed by atoms with Gasteiger partial charge in [0.2, 0.25) is 5.91 Å². The summed E-state index contributed by atoms with van der Waals surface area (Å²) in [4.78, 5) is 38.1. The number of alkyl halides is 3. The van der Waals surface area contributed by atoms with Crippen molar-refractivity contribution in [2.75, 3.05) is 32.7 Å². The smallest absolute Gasteiger partial charge is 0.387 e.